The van der Waals surface area contributed by atoms with Crippen LogP contribution in [-0.2, 0) is 22.8 Å². The van der Waals surface area contributed by atoms with Gasteiger partial charge in [-0.05, 0) is 41.0 Å². The van der Waals surface area contributed by atoms with Gasteiger partial charge in [-0.2, -0.15) is 0 Å². The first-order valence-electron chi connectivity index (χ1n) is 11.8. The molecule has 2 aliphatic rings. The van der Waals surface area contributed by atoms with Crippen LogP contribution in [0.3, 0.4) is 0 Å². The van der Waals surface area contributed by atoms with Gasteiger partial charge in [0.05, 0.1) is 48.6 Å². The average Bonchev–Trinajstić information content (AvgIpc) is 3.22. The molecule has 1 radical (unpaired) electrons. The van der Waals surface area contributed by atoms with Gasteiger partial charge in [-0.1, -0.05) is 73.0 Å². The molecule has 5 rings (SSSR count). The van der Waals surface area contributed by atoms with Crippen molar-refractivity contribution in [3.05, 3.63) is 96.0 Å². The Bertz CT molecular complexity index is 1300. The molecule has 1 fully saturated rings. The molecule has 0 bridgehead atoms. The Morgan fingerprint density at radius 2 is 1.76 bits per heavy atom. The molecule has 1 atom stereocenters. The largest absolute Gasteiger partial charge is 0.481 e. The van der Waals surface area contributed by atoms with Gasteiger partial charge in [0.2, 0.25) is 0 Å². The Balaban J connectivity index is 1.28. The molecule has 0 aliphatic carbocycles. The Morgan fingerprint density at radius 3 is 2.51 bits per heavy atom. The summed E-state index contributed by atoms with van der Waals surface area (Å²) in [5, 5.41) is 12.6. The number of carboxylic acids is 1. The summed E-state index contributed by atoms with van der Waals surface area (Å²) in [6.45, 7) is 2.91. The minimum Gasteiger partial charge on any atom is -0.481 e. The van der Waals surface area contributed by atoms with Crippen molar-refractivity contribution in [2.75, 3.05) is 15.7 Å². The van der Waals surface area contributed by atoms with Gasteiger partial charge in [-0.25, -0.2) is 0 Å². The van der Waals surface area contributed by atoms with Gasteiger partial charge in [-0.15, -0.1) is 0 Å². The van der Waals surface area contributed by atoms with E-state index in [0.29, 0.717) is 23.1 Å². The van der Waals surface area contributed by atoms with E-state index in [1.165, 1.54) is 0 Å². The van der Waals surface area contributed by atoms with E-state index < -0.39 is 5.97 Å². The molecule has 189 valence electrons. The number of hydrogen-bond acceptors (Lipinski definition) is 7. The number of carboxylic acid groups (broad SMARTS) is 1. The Hall–Kier alpha value is -3.73. The number of rotatable bonds is 9. The molecule has 2 heterocycles. The Morgan fingerprint density at radius 1 is 0.973 bits per heavy atom. The molecule has 0 spiro atoms. The van der Waals surface area contributed by atoms with Gasteiger partial charge in [0.15, 0.2) is 0 Å². The van der Waals surface area contributed by atoms with Crippen LogP contribution < -0.4 is 26.5 Å². The Kier molecular flexibility index (Phi) is 7.50. The number of fused-ring (bicyclic) bond motifs is 1. The van der Waals surface area contributed by atoms with Crippen LogP contribution in [0.4, 0.5) is 17.1 Å². The van der Waals surface area contributed by atoms with E-state index >= 15 is 0 Å². The molecule has 10 heteroatoms. The summed E-state index contributed by atoms with van der Waals surface area (Å²) in [5.74, 6) is -1.00. The van der Waals surface area contributed by atoms with Crippen LogP contribution in [0, 0.1) is 6.54 Å². The zero-order valence-corrected chi connectivity index (χ0v) is 21.4. The fourth-order valence-electron chi connectivity index (χ4n) is 4.44. The lowest BCUT2D eigenvalue weighted by atomic mass is 10.00. The lowest BCUT2D eigenvalue weighted by Crippen LogP contribution is -2.38. The van der Waals surface area contributed by atoms with Gasteiger partial charge in [0.25, 0.3) is 0 Å². The van der Waals surface area contributed by atoms with E-state index in [1.807, 2.05) is 61.1 Å². The maximum atomic E-state index is 11.3. The number of aliphatic carboxylic acids is 1. The van der Waals surface area contributed by atoms with E-state index in [4.69, 9.17) is 29.3 Å². The topological polar surface area (TPSA) is 97.9 Å². The van der Waals surface area contributed by atoms with Gasteiger partial charge < -0.3 is 15.3 Å². The normalized spacial score (nSPS) is 17.0. The fourth-order valence-corrected chi connectivity index (χ4v) is 5.13. The van der Waals surface area contributed by atoms with Crippen molar-refractivity contribution in [2.24, 2.45) is 0 Å². The predicted octanol–water partition coefficient (Wildman–Crippen LogP) is 4.51. The summed E-state index contributed by atoms with van der Waals surface area (Å²) >= 11 is 10.7. The highest BCUT2D eigenvalue weighted by molar-refractivity contribution is 7.82. The molecule has 0 saturated carbocycles. The molecule has 8 nitrogen and oxygen atoms in total. The van der Waals surface area contributed by atoms with Crippen molar-refractivity contribution in [2.45, 2.75) is 31.5 Å². The standard InChI is InChI=1S/C27H26N5O3S2/c33-24(34)13-21-15-32(14-17-5-2-1-3-6-17)23-11-18(9-10-22(23)28-21)16-35-31-20-8-4-7-19(12-20)25-26(36)29-30-27(25)37/h1-12,15,21,25,28,31H,13-14,16H2,(H,29,36)(H,30,37)(H,33,34). The van der Waals surface area contributed by atoms with Crippen molar-refractivity contribution in [1.29, 1.82) is 0 Å². The summed E-state index contributed by atoms with van der Waals surface area (Å²) in [7, 11) is 0. The zero-order valence-electron chi connectivity index (χ0n) is 19.8. The highest BCUT2D eigenvalue weighted by Gasteiger charge is 2.28. The molecule has 1 unspecified atom stereocenters. The van der Waals surface area contributed by atoms with E-state index in [2.05, 4.69) is 44.7 Å². The molecular formula is C27H26N5O3S2. The number of hydrazine groups is 1. The van der Waals surface area contributed by atoms with E-state index in [9.17, 15) is 9.90 Å². The molecule has 3 aromatic carbocycles. The summed E-state index contributed by atoms with van der Waals surface area (Å²) in [5.41, 5.74) is 14.6. The monoisotopic (exact) mass is 532 g/mol. The van der Waals surface area contributed by atoms with Crippen molar-refractivity contribution in [3.63, 3.8) is 0 Å². The van der Waals surface area contributed by atoms with Crippen LogP contribution in [0.15, 0.2) is 72.8 Å². The van der Waals surface area contributed by atoms with Crippen molar-refractivity contribution >= 4 is 57.4 Å². The number of benzene rings is 3. The second kappa shape index (κ2) is 11.1. The average molecular weight is 533 g/mol. The number of nitrogens with one attached hydrogen (secondary N) is 4. The van der Waals surface area contributed by atoms with Gasteiger partial charge >= 0.3 is 5.97 Å². The molecular weight excluding hydrogens is 506 g/mol. The third-order valence-electron chi connectivity index (χ3n) is 6.14. The predicted molar refractivity (Wildman–Crippen MR) is 152 cm³/mol. The van der Waals surface area contributed by atoms with E-state index in [-0.39, 0.29) is 18.4 Å². The minimum atomic E-state index is -0.846. The molecule has 0 aromatic heterocycles. The Labute approximate surface area is 225 Å². The highest BCUT2D eigenvalue weighted by atomic mass is 32.1. The first-order valence-corrected chi connectivity index (χ1v) is 12.6. The summed E-state index contributed by atoms with van der Waals surface area (Å²) in [6, 6.07) is 23.6. The van der Waals surface area contributed by atoms with Gasteiger partial charge in [0, 0.05) is 6.54 Å². The molecule has 2 aliphatic heterocycles. The SMILES string of the molecule is O=C(O)CC1[CH]N(Cc2ccccc2)c2cc(CONc3cccc(C4C(=S)NNC4=S)c3)ccc2N1. The summed E-state index contributed by atoms with van der Waals surface area (Å²) in [6.07, 6.45) is 0.000994. The van der Waals surface area contributed by atoms with Crippen LogP contribution in [-0.4, -0.2) is 27.1 Å². The second-order valence-corrected chi connectivity index (χ2v) is 9.77. The van der Waals surface area contributed by atoms with Gasteiger partial charge in [-0.3, -0.25) is 26.0 Å². The molecule has 3 aromatic rings. The van der Waals surface area contributed by atoms with Gasteiger partial charge in [0.1, 0.15) is 9.98 Å². The minimum absolute atomic E-state index is 0.000994. The van der Waals surface area contributed by atoms with Crippen LogP contribution in [0.25, 0.3) is 0 Å². The lowest BCUT2D eigenvalue weighted by Gasteiger charge is -2.36. The van der Waals surface area contributed by atoms with E-state index in [0.717, 1.165) is 33.8 Å². The maximum absolute atomic E-state index is 11.3. The smallest absolute Gasteiger partial charge is 0.305 e. The number of nitrogens with zero attached hydrogens (tertiary/aromatic N) is 1. The van der Waals surface area contributed by atoms with Crippen LogP contribution in [0.2, 0.25) is 0 Å². The third kappa shape index (κ3) is 5.99. The summed E-state index contributed by atoms with van der Waals surface area (Å²) < 4.78 is 0. The van der Waals surface area contributed by atoms with Crippen molar-refractivity contribution in [3.8, 4) is 0 Å². The lowest BCUT2D eigenvalue weighted by molar-refractivity contribution is -0.137. The molecule has 0 amide bonds. The zero-order chi connectivity index (χ0) is 25.8. The quantitative estimate of drug-likeness (QED) is 0.200. The first-order chi connectivity index (χ1) is 18.0. The maximum Gasteiger partial charge on any atom is 0.305 e. The molecule has 1 saturated heterocycles. The van der Waals surface area contributed by atoms with Crippen molar-refractivity contribution < 1.29 is 14.7 Å². The van der Waals surface area contributed by atoms with Crippen LogP contribution in [0.5, 0.6) is 0 Å². The summed E-state index contributed by atoms with van der Waals surface area (Å²) in [4.78, 5) is 20.6. The third-order valence-corrected chi connectivity index (χ3v) is 6.82. The number of carbonyl (C=O) groups is 1. The number of anilines is 3. The van der Waals surface area contributed by atoms with Crippen molar-refractivity contribution in [1.82, 2.24) is 10.9 Å². The molecule has 5 N–H and O–H groups in total. The molecule has 37 heavy (non-hydrogen) atoms. The number of hydrogen-bond donors (Lipinski definition) is 5. The second-order valence-electron chi connectivity index (χ2n) is 8.89. The first kappa shape index (κ1) is 24.9. The number of thiocarbonyl (C=S) groups is 2. The van der Waals surface area contributed by atoms with E-state index in [1.54, 1.807) is 0 Å². The van der Waals surface area contributed by atoms with Crippen LogP contribution in [0.1, 0.15) is 29.0 Å². The highest BCUT2D eigenvalue weighted by Crippen LogP contribution is 2.35. The van der Waals surface area contributed by atoms with Crippen LogP contribution >= 0.6 is 24.4 Å². The fraction of sp³-hybridized carbons (Fsp3) is 0.185.